The Kier molecular flexibility index (Phi) is 4.65. The van der Waals surface area contributed by atoms with Crippen molar-refractivity contribution in [1.82, 2.24) is 0 Å². The zero-order valence-corrected chi connectivity index (χ0v) is 16.6. The summed E-state index contributed by atoms with van der Waals surface area (Å²) < 4.78 is 5.31. The van der Waals surface area contributed by atoms with Crippen LogP contribution in [0.15, 0.2) is 42.5 Å². The number of fused-ring (bicyclic) bond motifs is 4. The van der Waals surface area contributed by atoms with Gasteiger partial charge in [0.1, 0.15) is 6.04 Å². The first-order valence-electron chi connectivity index (χ1n) is 10.4. The Labute approximate surface area is 174 Å². The molecule has 3 heterocycles. The lowest BCUT2D eigenvalue weighted by atomic mass is 10.0. The fraction of sp³-hybridized carbons (Fsp3) is 0.348. The molecule has 1 saturated heterocycles. The molecule has 5 rings (SSSR count). The Morgan fingerprint density at radius 1 is 1.07 bits per heavy atom. The Balaban J connectivity index is 1.27. The van der Waals surface area contributed by atoms with Gasteiger partial charge in [-0.2, -0.15) is 0 Å². The lowest BCUT2D eigenvalue weighted by molar-refractivity contribution is -0.121. The van der Waals surface area contributed by atoms with Crippen LogP contribution in [0.2, 0.25) is 0 Å². The Hall–Kier alpha value is -3.35. The normalized spacial score (nSPS) is 19.5. The maximum atomic E-state index is 12.7. The minimum atomic E-state index is -0.575. The average molecular weight is 405 g/mol. The minimum Gasteiger partial charge on any atom is -0.452 e. The first kappa shape index (κ1) is 18.7. The third kappa shape index (κ3) is 3.20. The van der Waals surface area contributed by atoms with E-state index in [-0.39, 0.29) is 24.5 Å². The number of aryl methyl sites for hydroxylation is 1. The minimum absolute atomic E-state index is 0.0375. The third-order valence-corrected chi connectivity index (χ3v) is 6.09. The van der Waals surface area contributed by atoms with Gasteiger partial charge in [-0.3, -0.25) is 9.59 Å². The van der Waals surface area contributed by atoms with Crippen molar-refractivity contribution in [3.05, 3.63) is 53.6 Å². The first-order valence-corrected chi connectivity index (χ1v) is 10.4. The molecule has 154 valence electrons. The van der Waals surface area contributed by atoms with Crippen molar-refractivity contribution < 1.29 is 19.1 Å². The molecule has 2 aromatic carbocycles. The largest absolute Gasteiger partial charge is 0.452 e. The topological polar surface area (TPSA) is 79.0 Å². The average Bonchev–Trinajstić information content (AvgIpc) is 3.27. The third-order valence-electron chi connectivity index (χ3n) is 6.09. The van der Waals surface area contributed by atoms with E-state index >= 15 is 0 Å². The molecular formula is C23H23N3O4. The van der Waals surface area contributed by atoms with Crippen LogP contribution in [0.4, 0.5) is 17.1 Å². The summed E-state index contributed by atoms with van der Waals surface area (Å²) in [6, 6.07) is 12.8. The summed E-state index contributed by atoms with van der Waals surface area (Å²) in [6.45, 7) is 1.14. The molecule has 3 aliphatic rings. The predicted octanol–water partition coefficient (Wildman–Crippen LogP) is 2.74. The van der Waals surface area contributed by atoms with Gasteiger partial charge in [-0.25, -0.2) is 4.79 Å². The van der Waals surface area contributed by atoms with Gasteiger partial charge < -0.3 is 19.9 Å². The van der Waals surface area contributed by atoms with Gasteiger partial charge in [0.15, 0.2) is 6.61 Å². The van der Waals surface area contributed by atoms with Gasteiger partial charge in [-0.15, -0.1) is 0 Å². The number of rotatable bonds is 3. The van der Waals surface area contributed by atoms with Crippen molar-refractivity contribution in [2.24, 2.45) is 0 Å². The summed E-state index contributed by atoms with van der Waals surface area (Å²) in [5.41, 5.74) is 3.88. The van der Waals surface area contributed by atoms with E-state index in [2.05, 4.69) is 10.2 Å². The highest BCUT2D eigenvalue weighted by molar-refractivity contribution is 6.05. The molecule has 0 bridgehead atoms. The molecule has 0 radical (unpaired) electrons. The molecular weight excluding hydrogens is 382 g/mol. The number of amides is 2. The maximum Gasteiger partial charge on any atom is 0.338 e. The number of benzene rings is 2. The van der Waals surface area contributed by atoms with Crippen LogP contribution in [-0.2, 0) is 20.7 Å². The monoisotopic (exact) mass is 405 g/mol. The molecule has 0 aliphatic carbocycles. The molecule has 2 amide bonds. The Morgan fingerprint density at radius 3 is 2.83 bits per heavy atom. The molecule has 0 spiro atoms. The Morgan fingerprint density at radius 2 is 1.93 bits per heavy atom. The van der Waals surface area contributed by atoms with E-state index in [1.165, 1.54) is 0 Å². The lowest BCUT2D eigenvalue weighted by Gasteiger charge is -2.33. The quantitative estimate of drug-likeness (QED) is 0.795. The summed E-state index contributed by atoms with van der Waals surface area (Å²) in [4.78, 5) is 41.3. The van der Waals surface area contributed by atoms with E-state index in [4.69, 9.17) is 4.74 Å². The second-order valence-electron chi connectivity index (χ2n) is 7.93. The van der Waals surface area contributed by atoms with Gasteiger partial charge in [0, 0.05) is 18.8 Å². The van der Waals surface area contributed by atoms with Crippen LogP contribution >= 0.6 is 0 Å². The second kappa shape index (κ2) is 7.48. The summed E-state index contributed by atoms with van der Waals surface area (Å²) in [5.74, 6) is -0.847. The number of para-hydroxylation sites is 1. The van der Waals surface area contributed by atoms with Gasteiger partial charge >= 0.3 is 5.97 Å². The van der Waals surface area contributed by atoms with Crippen molar-refractivity contribution in [1.29, 1.82) is 0 Å². The standard InChI is InChI=1S/C23H23N3O4/c27-21(26-12-3-6-15-5-1-2-7-18(15)26)14-30-23(29)16-9-10-19-17(13-16)24-22(28)20-8-4-11-25(19)20/h1-2,5,7,9-10,13,20H,3-4,6,8,11-12,14H2,(H,24,28)/t20-/m1/s1. The predicted molar refractivity (Wildman–Crippen MR) is 113 cm³/mol. The summed E-state index contributed by atoms with van der Waals surface area (Å²) in [6.07, 6.45) is 3.65. The van der Waals surface area contributed by atoms with Gasteiger partial charge in [-0.05, 0) is 55.5 Å². The number of esters is 1. The van der Waals surface area contributed by atoms with Crippen molar-refractivity contribution in [2.45, 2.75) is 31.7 Å². The van der Waals surface area contributed by atoms with Crippen molar-refractivity contribution in [3.8, 4) is 0 Å². The molecule has 1 N–H and O–H groups in total. The van der Waals surface area contributed by atoms with Crippen LogP contribution in [-0.4, -0.2) is 43.5 Å². The van der Waals surface area contributed by atoms with Crippen molar-refractivity contribution >= 4 is 34.8 Å². The van der Waals surface area contributed by atoms with Crippen LogP contribution in [0.25, 0.3) is 0 Å². The molecule has 30 heavy (non-hydrogen) atoms. The number of ether oxygens (including phenoxy) is 1. The smallest absolute Gasteiger partial charge is 0.338 e. The number of hydrogen-bond acceptors (Lipinski definition) is 5. The number of hydrogen-bond donors (Lipinski definition) is 1. The summed E-state index contributed by atoms with van der Waals surface area (Å²) in [5, 5.41) is 2.89. The highest BCUT2D eigenvalue weighted by Crippen LogP contribution is 2.37. The van der Waals surface area contributed by atoms with E-state index in [1.54, 1.807) is 17.0 Å². The molecule has 2 aromatic rings. The highest BCUT2D eigenvalue weighted by atomic mass is 16.5. The van der Waals surface area contributed by atoms with E-state index < -0.39 is 5.97 Å². The molecule has 7 heteroatoms. The van der Waals surface area contributed by atoms with E-state index in [0.717, 1.165) is 49.2 Å². The summed E-state index contributed by atoms with van der Waals surface area (Å²) in [7, 11) is 0. The highest BCUT2D eigenvalue weighted by Gasteiger charge is 2.36. The van der Waals surface area contributed by atoms with E-state index in [9.17, 15) is 14.4 Å². The fourth-order valence-corrected chi connectivity index (χ4v) is 4.64. The van der Waals surface area contributed by atoms with Gasteiger partial charge in [0.2, 0.25) is 5.91 Å². The molecule has 0 aromatic heterocycles. The van der Waals surface area contributed by atoms with Gasteiger partial charge in [0.25, 0.3) is 5.91 Å². The Bertz CT molecular complexity index is 1030. The van der Waals surface area contributed by atoms with E-state index in [1.807, 2.05) is 30.3 Å². The van der Waals surface area contributed by atoms with Gasteiger partial charge in [-0.1, -0.05) is 18.2 Å². The maximum absolute atomic E-state index is 12.7. The van der Waals surface area contributed by atoms with Crippen molar-refractivity contribution in [2.75, 3.05) is 34.8 Å². The number of nitrogens with one attached hydrogen (secondary N) is 1. The molecule has 3 aliphatic heterocycles. The SMILES string of the molecule is O=C(OCC(=O)N1CCCc2ccccc21)c1ccc2c(c1)NC(=O)[C@H]1CCCN21. The number of carbonyl (C=O) groups excluding carboxylic acids is 3. The van der Waals surface area contributed by atoms with E-state index in [0.29, 0.717) is 17.8 Å². The fourth-order valence-electron chi connectivity index (χ4n) is 4.64. The zero-order chi connectivity index (χ0) is 20.7. The molecule has 1 fully saturated rings. The van der Waals surface area contributed by atoms with Crippen LogP contribution < -0.4 is 15.1 Å². The molecule has 0 saturated carbocycles. The number of anilines is 3. The number of carbonyl (C=O) groups is 3. The molecule has 7 nitrogen and oxygen atoms in total. The molecule has 0 unspecified atom stereocenters. The first-order chi connectivity index (χ1) is 14.6. The summed E-state index contributed by atoms with van der Waals surface area (Å²) >= 11 is 0. The van der Waals surface area contributed by atoms with Crippen LogP contribution in [0.5, 0.6) is 0 Å². The van der Waals surface area contributed by atoms with Gasteiger partial charge in [0.05, 0.1) is 16.9 Å². The molecule has 1 atom stereocenters. The van der Waals surface area contributed by atoms with Crippen LogP contribution in [0.1, 0.15) is 35.2 Å². The number of nitrogens with zero attached hydrogens (tertiary/aromatic N) is 2. The zero-order valence-electron chi connectivity index (χ0n) is 16.6. The van der Waals surface area contributed by atoms with Crippen LogP contribution in [0, 0.1) is 0 Å². The second-order valence-corrected chi connectivity index (χ2v) is 7.93. The lowest BCUT2D eigenvalue weighted by Crippen LogP contribution is -2.43. The van der Waals surface area contributed by atoms with Crippen molar-refractivity contribution in [3.63, 3.8) is 0 Å². The van der Waals surface area contributed by atoms with Crippen LogP contribution in [0.3, 0.4) is 0 Å².